The van der Waals surface area contributed by atoms with E-state index in [4.69, 9.17) is 27.9 Å². The lowest BCUT2D eigenvalue weighted by atomic mass is 10.1. The van der Waals surface area contributed by atoms with Gasteiger partial charge in [-0.1, -0.05) is 59.6 Å². The minimum atomic E-state index is -0.546. The molecule has 8 heteroatoms. The van der Waals surface area contributed by atoms with Gasteiger partial charge in [-0.15, -0.1) is 0 Å². The molecule has 3 aromatic rings. The number of hydrogen-bond acceptors (Lipinski definition) is 4. The highest BCUT2D eigenvalue weighted by atomic mass is 35.5. The van der Waals surface area contributed by atoms with E-state index < -0.39 is 18.5 Å². The molecule has 0 bridgehead atoms. The number of nitrogens with one attached hydrogen (secondary N) is 2. The third-order valence-corrected chi connectivity index (χ3v) is 5.16. The number of carbonyl (C=O) groups excluding carboxylic acids is 3. The molecule has 0 heterocycles. The Hall–Kier alpha value is -3.09. The van der Waals surface area contributed by atoms with Crippen molar-refractivity contribution in [3.63, 3.8) is 0 Å². The number of benzene rings is 3. The van der Waals surface area contributed by atoms with Gasteiger partial charge in [-0.2, -0.15) is 0 Å². The fourth-order valence-corrected chi connectivity index (χ4v) is 3.23. The molecule has 2 N–H and O–H groups in total. The van der Waals surface area contributed by atoms with Crippen molar-refractivity contribution in [3.05, 3.63) is 70.7 Å². The number of amides is 2. The predicted octanol–water partition coefficient (Wildman–Crippen LogP) is 5.44. The first kappa shape index (κ1) is 22.6. The summed E-state index contributed by atoms with van der Waals surface area (Å²) in [6.45, 7) is -0.391. The summed E-state index contributed by atoms with van der Waals surface area (Å²) in [6, 6.07) is 18.0. The van der Waals surface area contributed by atoms with Gasteiger partial charge in [-0.25, -0.2) is 0 Å². The van der Waals surface area contributed by atoms with Crippen molar-refractivity contribution < 1.29 is 19.1 Å². The monoisotopic (exact) mass is 458 g/mol. The quantitative estimate of drug-likeness (QED) is 0.440. The second-order valence-electron chi connectivity index (χ2n) is 6.77. The lowest BCUT2D eigenvalue weighted by Crippen LogP contribution is -2.21. The van der Waals surface area contributed by atoms with E-state index in [1.54, 1.807) is 24.3 Å². The van der Waals surface area contributed by atoms with E-state index in [1.807, 2.05) is 36.4 Å². The fourth-order valence-electron chi connectivity index (χ4n) is 2.93. The zero-order valence-electron chi connectivity index (χ0n) is 16.5. The number of carbonyl (C=O) groups is 3. The van der Waals surface area contributed by atoms with E-state index in [9.17, 15) is 14.4 Å². The molecular formula is C23H20Cl2N2O4. The maximum Gasteiger partial charge on any atom is 0.306 e. The molecule has 2 amide bonds. The van der Waals surface area contributed by atoms with Gasteiger partial charge in [0.25, 0.3) is 5.91 Å². The van der Waals surface area contributed by atoms with Gasteiger partial charge in [-0.3, -0.25) is 14.4 Å². The van der Waals surface area contributed by atoms with E-state index in [2.05, 4.69) is 10.6 Å². The molecule has 0 radical (unpaired) electrons. The second kappa shape index (κ2) is 10.8. The average molecular weight is 459 g/mol. The van der Waals surface area contributed by atoms with Crippen LogP contribution in [-0.4, -0.2) is 24.4 Å². The second-order valence-corrected chi connectivity index (χ2v) is 7.58. The Morgan fingerprint density at radius 3 is 2.39 bits per heavy atom. The summed E-state index contributed by atoms with van der Waals surface area (Å²) in [5.41, 5.74) is 1.17. The number of esters is 1. The first-order chi connectivity index (χ1) is 14.9. The van der Waals surface area contributed by atoms with E-state index in [-0.39, 0.29) is 25.2 Å². The predicted molar refractivity (Wildman–Crippen MR) is 122 cm³/mol. The van der Waals surface area contributed by atoms with Gasteiger partial charge >= 0.3 is 5.97 Å². The van der Waals surface area contributed by atoms with Crippen LogP contribution in [0.3, 0.4) is 0 Å². The molecule has 31 heavy (non-hydrogen) atoms. The summed E-state index contributed by atoms with van der Waals surface area (Å²) >= 11 is 11.7. The van der Waals surface area contributed by atoms with Crippen molar-refractivity contribution in [1.29, 1.82) is 0 Å². The van der Waals surface area contributed by atoms with Gasteiger partial charge in [0.15, 0.2) is 6.61 Å². The molecule has 0 saturated carbocycles. The summed E-state index contributed by atoms with van der Waals surface area (Å²) in [4.78, 5) is 36.0. The highest BCUT2D eigenvalue weighted by molar-refractivity contribution is 6.42. The van der Waals surface area contributed by atoms with Gasteiger partial charge in [0.05, 0.1) is 10.0 Å². The van der Waals surface area contributed by atoms with Crippen LogP contribution in [0.1, 0.15) is 19.3 Å². The van der Waals surface area contributed by atoms with Crippen LogP contribution in [0.15, 0.2) is 60.7 Å². The minimum Gasteiger partial charge on any atom is -0.456 e. The molecule has 6 nitrogen and oxygen atoms in total. The molecule has 160 valence electrons. The summed E-state index contributed by atoms with van der Waals surface area (Å²) in [5.74, 6) is -1.24. The van der Waals surface area contributed by atoms with Crippen LogP contribution in [0.4, 0.5) is 11.4 Å². The SMILES string of the molecule is O=C(CCCC(=O)OCC(=O)Nc1cccc2ccccc12)Nc1ccc(Cl)c(Cl)c1. The first-order valence-electron chi connectivity index (χ1n) is 9.60. The number of ether oxygens (including phenoxy) is 1. The van der Waals surface area contributed by atoms with Crippen molar-refractivity contribution in [2.45, 2.75) is 19.3 Å². The van der Waals surface area contributed by atoms with Gasteiger partial charge in [0.2, 0.25) is 5.91 Å². The van der Waals surface area contributed by atoms with Gasteiger partial charge in [-0.05, 0) is 36.1 Å². The number of fused-ring (bicyclic) bond motifs is 1. The molecule has 0 aliphatic heterocycles. The van der Waals surface area contributed by atoms with Crippen LogP contribution in [0, 0.1) is 0 Å². The van der Waals surface area contributed by atoms with Crippen molar-refractivity contribution in [3.8, 4) is 0 Å². The van der Waals surface area contributed by atoms with Crippen LogP contribution in [-0.2, 0) is 19.1 Å². The zero-order valence-corrected chi connectivity index (χ0v) is 18.0. The largest absolute Gasteiger partial charge is 0.456 e. The number of anilines is 2. The fraction of sp³-hybridized carbons (Fsp3) is 0.174. The Morgan fingerprint density at radius 2 is 1.58 bits per heavy atom. The van der Waals surface area contributed by atoms with Crippen molar-refractivity contribution in [2.24, 2.45) is 0 Å². The summed E-state index contributed by atoms with van der Waals surface area (Å²) in [7, 11) is 0. The summed E-state index contributed by atoms with van der Waals surface area (Å²) in [6.07, 6.45) is 0.435. The van der Waals surface area contributed by atoms with Crippen LogP contribution in [0.25, 0.3) is 10.8 Å². The van der Waals surface area contributed by atoms with Gasteiger partial charge in [0, 0.05) is 29.6 Å². The Labute approximate surface area is 189 Å². The average Bonchev–Trinajstić information content (AvgIpc) is 2.75. The standard InChI is InChI=1S/C23H20Cl2N2O4/c24-18-12-11-16(13-19(18)25)26-21(28)9-4-10-23(30)31-14-22(29)27-20-8-3-6-15-5-1-2-7-17(15)20/h1-3,5-8,11-13H,4,9-10,14H2,(H,26,28)(H,27,29). The Bertz CT molecular complexity index is 1110. The third kappa shape index (κ3) is 6.70. The molecule has 0 atom stereocenters. The number of rotatable bonds is 8. The van der Waals surface area contributed by atoms with Crippen molar-refractivity contribution in [2.75, 3.05) is 17.2 Å². The molecule has 3 rings (SSSR count). The lowest BCUT2D eigenvalue weighted by Gasteiger charge is -2.09. The Kier molecular flexibility index (Phi) is 7.87. The topological polar surface area (TPSA) is 84.5 Å². The van der Waals surface area contributed by atoms with Crippen LogP contribution < -0.4 is 10.6 Å². The molecule has 0 aromatic heterocycles. The van der Waals surface area contributed by atoms with Gasteiger partial charge < -0.3 is 15.4 Å². The molecule has 0 aliphatic carbocycles. The third-order valence-electron chi connectivity index (χ3n) is 4.42. The van der Waals surface area contributed by atoms with Gasteiger partial charge in [0.1, 0.15) is 0 Å². The van der Waals surface area contributed by atoms with E-state index >= 15 is 0 Å². The highest BCUT2D eigenvalue weighted by Gasteiger charge is 2.11. The summed E-state index contributed by atoms with van der Waals surface area (Å²) in [5, 5.41) is 8.06. The highest BCUT2D eigenvalue weighted by Crippen LogP contribution is 2.25. The smallest absolute Gasteiger partial charge is 0.306 e. The minimum absolute atomic E-state index is 0.0241. The Morgan fingerprint density at radius 1 is 0.806 bits per heavy atom. The Balaban J connectivity index is 1.38. The lowest BCUT2D eigenvalue weighted by molar-refractivity contribution is -0.147. The number of halogens is 2. The van der Waals surface area contributed by atoms with Crippen molar-refractivity contribution in [1.82, 2.24) is 0 Å². The normalized spacial score (nSPS) is 10.5. The molecule has 0 fully saturated rings. The van der Waals surface area contributed by atoms with E-state index in [0.717, 1.165) is 10.8 Å². The molecule has 3 aromatic carbocycles. The number of hydrogen-bond donors (Lipinski definition) is 2. The molecule has 0 saturated heterocycles. The molecular weight excluding hydrogens is 439 g/mol. The van der Waals surface area contributed by atoms with Crippen LogP contribution in [0.2, 0.25) is 10.0 Å². The molecule has 0 spiro atoms. The maximum absolute atomic E-state index is 12.1. The van der Waals surface area contributed by atoms with Crippen LogP contribution >= 0.6 is 23.2 Å². The van der Waals surface area contributed by atoms with Crippen molar-refractivity contribution >= 4 is 63.1 Å². The van der Waals surface area contributed by atoms with E-state index in [0.29, 0.717) is 21.4 Å². The molecule has 0 unspecified atom stereocenters. The summed E-state index contributed by atoms with van der Waals surface area (Å²) < 4.78 is 5.00. The van der Waals surface area contributed by atoms with Crippen LogP contribution in [0.5, 0.6) is 0 Å². The zero-order chi connectivity index (χ0) is 22.2. The van der Waals surface area contributed by atoms with E-state index in [1.165, 1.54) is 0 Å². The maximum atomic E-state index is 12.1. The first-order valence-corrected chi connectivity index (χ1v) is 10.4. The molecule has 0 aliphatic rings.